The molecule has 1 aromatic rings. The monoisotopic (exact) mass is 304 g/mol. The molecule has 2 aliphatic rings. The molecule has 0 bridgehead atoms. The summed E-state index contributed by atoms with van der Waals surface area (Å²) >= 11 is 1.53. The van der Waals surface area contributed by atoms with E-state index in [0.717, 1.165) is 23.4 Å². The fourth-order valence-electron chi connectivity index (χ4n) is 2.98. The Bertz CT molecular complexity index is 594. The summed E-state index contributed by atoms with van der Waals surface area (Å²) in [5.41, 5.74) is 1.27. The average molecular weight is 304 g/mol. The van der Waals surface area contributed by atoms with Crippen molar-refractivity contribution in [1.29, 1.82) is 0 Å². The Morgan fingerprint density at radius 3 is 2.81 bits per heavy atom. The highest BCUT2D eigenvalue weighted by atomic mass is 32.2. The summed E-state index contributed by atoms with van der Waals surface area (Å²) in [5.74, 6) is -0.0621. The van der Waals surface area contributed by atoms with Crippen LogP contribution in [0, 0.1) is 0 Å². The number of fused-ring (bicyclic) bond motifs is 1. The Kier molecular flexibility index (Phi) is 3.69. The van der Waals surface area contributed by atoms with Crippen molar-refractivity contribution in [3.8, 4) is 0 Å². The first-order chi connectivity index (χ1) is 9.97. The van der Waals surface area contributed by atoms with Crippen molar-refractivity contribution in [3.63, 3.8) is 0 Å². The second-order valence-electron chi connectivity index (χ2n) is 6.18. The number of hydrogen-bond acceptors (Lipinski definition) is 3. The molecular weight excluding hydrogens is 284 g/mol. The highest BCUT2D eigenvalue weighted by Gasteiger charge is 2.31. The van der Waals surface area contributed by atoms with Gasteiger partial charge in [0.1, 0.15) is 0 Å². The number of nitrogens with one attached hydrogen (secondary N) is 2. The second-order valence-corrected chi connectivity index (χ2v) is 7.56. The van der Waals surface area contributed by atoms with Crippen molar-refractivity contribution in [2.45, 2.75) is 55.2 Å². The van der Waals surface area contributed by atoms with Gasteiger partial charge < -0.3 is 10.6 Å². The minimum atomic E-state index is -0.0884. The quantitative estimate of drug-likeness (QED) is 0.882. The lowest BCUT2D eigenvalue weighted by Crippen LogP contribution is -2.43. The lowest BCUT2D eigenvalue weighted by atomic mass is 10.00. The molecule has 1 atom stereocenters. The zero-order chi connectivity index (χ0) is 15.0. The van der Waals surface area contributed by atoms with Crippen LogP contribution in [0.3, 0.4) is 0 Å². The van der Waals surface area contributed by atoms with E-state index in [1.807, 2.05) is 19.1 Å². The Hall–Kier alpha value is -1.49. The van der Waals surface area contributed by atoms with Crippen LogP contribution in [0.5, 0.6) is 0 Å². The third kappa shape index (κ3) is 2.93. The average Bonchev–Trinajstić information content (AvgIpc) is 2.86. The van der Waals surface area contributed by atoms with E-state index in [1.165, 1.54) is 24.6 Å². The van der Waals surface area contributed by atoms with Crippen LogP contribution in [0.2, 0.25) is 0 Å². The molecule has 1 saturated carbocycles. The van der Waals surface area contributed by atoms with Crippen LogP contribution in [0.1, 0.15) is 49.9 Å². The molecule has 1 aliphatic carbocycles. The van der Waals surface area contributed by atoms with E-state index in [0.29, 0.717) is 5.56 Å². The van der Waals surface area contributed by atoms with Gasteiger partial charge in [0.15, 0.2) is 0 Å². The van der Waals surface area contributed by atoms with Crippen LogP contribution in [-0.4, -0.2) is 22.6 Å². The van der Waals surface area contributed by atoms with Gasteiger partial charge in [-0.1, -0.05) is 12.8 Å². The van der Waals surface area contributed by atoms with Crippen LogP contribution in [0.25, 0.3) is 0 Å². The molecule has 1 aromatic carbocycles. The highest BCUT2D eigenvalue weighted by molar-refractivity contribution is 8.00. The van der Waals surface area contributed by atoms with Crippen molar-refractivity contribution < 1.29 is 9.59 Å². The van der Waals surface area contributed by atoms with Gasteiger partial charge in [-0.25, -0.2) is 0 Å². The molecule has 5 heteroatoms. The van der Waals surface area contributed by atoms with Crippen LogP contribution < -0.4 is 10.6 Å². The number of rotatable bonds is 2. The topological polar surface area (TPSA) is 58.2 Å². The van der Waals surface area contributed by atoms with Crippen LogP contribution in [0.4, 0.5) is 5.69 Å². The van der Waals surface area contributed by atoms with Crippen LogP contribution >= 0.6 is 11.8 Å². The predicted molar refractivity (Wildman–Crippen MR) is 84.7 cm³/mol. The number of carbonyl (C=O) groups excluding carboxylic acids is 2. The first-order valence-corrected chi connectivity index (χ1v) is 8.29. The fourth-order valence-corrected chi connectivity index (χ4v) is 3.91. The molecule has 1 aliphatic heterocycles. The van der Waals surface area contributed by atoms with Gasteiger partial charge in [0.25, 0.3) is 5.91 Å². The maximum Gasteiger partial charge on any atom is 0.251 e. The highest BCUT2D eigenvalue weighted by Crippen LogP contribution is 2.36. The number of carbonyl (C=O) groups is 2. The third-order valence-corrected chi connectivity index (χ3v) is 5.47. The number of thioether (sulfide) groups is 1. The zero-order valence-corrected chi connectivity index (χ0v) is 13.2. The summed E-state index contributed by atoms with van der Waals surface area (Å²) in [5, 5.41) is 5.92. The number of benzene rings is 1. The molecule has 0 spiro atoms. The second kappa shape index (κ2) is 5.37. The Morgan fingerprint density at radius 2 is 2.10 bits per heavy atom. The standard InChI is InChI=1S/C16H20N2O2S/c1-10-14(19)17-12-9-11(5-6-13(12)21-10)15(20)18-16(2)7-3-4-8-16/h5-6,9-10H,3-4,7-8H2,1-2H3,(H,17,19)(H,18,20). The van der Waals surface area contributed by atoms with Crippen LogP contribution in [-0.2, 0) is 4.79 Å². The number of amides is 2. The molecule has 2 amide bonds. The van der Waals surface area contributed by atoms with Crippen molar-refractivity contribution in [2.24, 2.45) is 0 Å². The van der Waals surface area contributed by atoms with E-state index < -0.39 is 0 Å². The minimum Gasteiger partial charge on any atom is -0.347 e. The van der Waals surface area contributed by atoms with E-state index in [9.17, 15) is 9.59 Å². The molecule has 2 N–H and O–H groups in total. The van der Waals surface area contributed by atoms with Gasteiger partial charge in [-0.2, -0.15) is 0 Å². The summed E-state index contributed by atoms with van der Waals surface area (Å²) in [6.45, 7) is 3.99. The summed E-state index contributed by atoms with van der Waals surface area (Å²) < 4.78 is 0. The van der Waals surface area contributed by atoms with Crippen molar-refractivity contribution >= 4 is 29.3 Å². The van der Waals surface area contributed by atoms with E-state index in [2.05, 4.69) is 17.6 Å². The van der Waals surface area contributed by atoms with Gasteiger partial charge in [0.05, 0.1) is 10.9 Å². The lowest BCUT2D eigenvalue weighted by Gasteiger charge is -2.26. The smallest absolute Gasteiger partial charge is 0.251 e. The van der Waals surface area contributed by atoms with Gasteiger partial charge in [0.2, 0.25) is 5.91 Å². The molecule has 0 aromatic heterocycles. The largest absolute Gasteiger partial charge is 0.347 e. The van der Waals surface area contributed by atoms with Crippen molar-refractivity contribution in [2.75, 3.05) is 5.32 Å². The van der Waals surface area contributed by atoms with Gasteiger partial charge in [-0.05, 0) is 44.9 Å². The van der Waals surface area contributed by atoms with E-state index in [4.69, 9.17) is 0 Å². The first kappa shape index (κ1) is 14.4. The SMILES string of the molecule is CC1Sc2ccc(C(=O)NC3(C)CCCC3)cc2NC1=O. The van der Waals surface area contributed by atoms with Gasteiger partial charge in [-0.3, -0.25) is 9.59 Å². The molecule has 21 heavy (non-hydrogen) atoms. The van der Waals surface area contributed by atoms with Crippen LogP contribution in [0.15, 0.2) is 23.1 Å². The number of anilines is 1. The minimum absolute atomic E-state index is 0.00665. The molecular formula is C16H20N2O2S. The molecule has 1 heterocycles. The summed E-state index contributed by atoms with van der Waals surface area (Å²) in [4.78, 5) is 25.2. The summed E-state index contributed by atoms with van der Waals surface area (Å²) in [6.07, 6.45) is 4.42. The van der Waals surface area contributed by atoms with Gasteiger partial charge >= 0.3 is 0 Å². The molecule has 3 rings (SSSR count). The first-order valence-electron chi connectivity index (χ1n) is 7.41. The summed E-state index contributed by atoms with van der Waals surface area (Å²) in [7, 11) is 0. The van der Waals surface area contributed by atoms with Gasteiger partial charge in [0, 0.05) is 16.0 Å². The molecule has 1 unspecified atom stereocenters. The Balaban J connectivity index is 1.79. The molecule has 4 nitrogen and oxygen atoms in total. The van der Waals surface area contributed by atoms with E-state index in [-0.39, 0.29) is 22.6 Å². The normalized spacial score (nSPS) is 23.3. The number of hydrogen-bond donors (Lipinski definition) is 2. The molecule has 112 valence electrons. The maximum absolute atomic E-state index is 12.4. The molecule has 0 saturated heterocycles. The molecule has 0 radical (unpaired) electrons. The summed E-state index contributed by atoms with van der Waals surface area (Å²) in [6, 6.07) is 5.53. The zero-order valence-electron chi connectivity index (χ0n) is 12.4. The van der Waals surface area contributed by atoms with Crippen molar-refractivity contribution in [3.05, 3.63) is 23.8 Å². The maximum atomic E-state index is 12.4. The fraction of sp³-hybridized carbons (Fsp3) is 0.500. The van der Waals surface area contributed by atoms with Gasteiger partial charge in [-0.15, -0.1) is 11.8 Å². The predicted octanol–water partition coefficient (Wildman–Crippen LogP) is 3.18. The lowest BCUT2D eigenvalue weighted by molar-refractivity contribution is -0.115. The third-order valence-electron chi connectivity index (χ3n) is 4.30. The Morgan fingerprint density at radius 1 is 1.38 bits per heavy atom. The van der Waals surface area contributed by atoms with E-state index in [1.54, 1.807) is 6.07 Å². The Labute approximate surface area is 129 Å². The van der Waals surface area contributed by atoms with E-state index >= 15 is 0 Å². The molecule has 1 fully saturated rings. The van der Waals surface area contributed by atoms with Crippen molar-refractivity contribution in [1.82, 2.24) is 5.32 Å².